The zero-order chi connectivity index (χ0) is 23.7. The molecular weight excluding hydrogens is 414 g/mol. The third kappa shape index (κ3) is 4.12. The molecule has 0 aliphatic carbocycles. The molecule has 0 radical (unpaired) electrons. The van der Waals surface area contributed by atoms with E-state index in [0.29, 0.717) is 5.69 Å². The fourth-order valence-corrected chi connectivity index (χ4v) is 4.14. The first-order chi connectivity index (χ1) is 15.8. The molecule has 33 heavy (non-hydrogen) atoms. The number of anilines is 1. The van der Waals surface area contributed by atoms with Crippen molar-refractivity contribution in [1.29, 1.82) is 0 Å². The Hall–Kier alpha value is -3.93. The van der Waals surface area contributed by atoms with Gasteiger partial charge in [-0.25, -0.2) is 9.69 Å². The van der Waals surface area contributed by atoms with Gasteiger partial charge in [-0.15, -0.1) is 0 Å². The van der Waals surface area contributed by atoms with Crippen LogP contribution in [0.3, 0.4) is 0 Å². The number of rotatable bonds is 5. The predicted molar refractivity (Wildman–Crippen MR) is 129 cm³/mol. The summed E-state index contributed by atoms with van der Waals surface area (Å²) in [5.74, 6) is -1.33. The van der Waals surface area contributed by atoms with Crippen LogP contribution in [0, 0.1) is 13.8 Å². The van der Waals surface area contributed by atoms with Gasteiger partial charge in [0.25, 0.3) is 11.8 Å². The monoisotopic (exact) mass is 441 g/mol. The van der Waals surface area contributed by atoms with Gasteiger partial charge in [0.1, 0.15) is 5.57 Å². The lowest BCUT2D eigenvalue weighted by Crippen LogP contribution is -2.54. The quantitative estimate of drug-likeness (QED) is 0.453. The summed E-state index contributed by atoms with van der Waals surface area (Å²) in [7, 11) is 0. The molecular formula is C27H27N3O3. The van der Waals surface area contributed by atoms with Crippen LogP contribution < -0.4 is 10.2 Å². The number of hydrogen-bond acceptors (Lipinski definition) is 3. The van der Waals surface area contributed by atoms with Crippen molar-refractivity contribution < 1.29 is 14.4 Å². The molecule has 4 amide bonds. The summed E-state index contributed by atoms with van der Waals surface area (Å²) in [6.45, 7) is 8.08. The molecule has 2 heterocycles. The largest absolute Gasteiger partial charge is 0.335 e. The number of hydrogen-bond donors (Lipinski definition) is 1. The van der Waals surface area contributed by atoms with Crippen LogP contribution in [-0.2, 0) is 22.4 Å². The summed E-state index contributed by atoms with van der Waals surface area (Å²) >= 11 is 0. The molecule has 6 nitrogen and oxygen atoms in total. The number of urea groups is 1. The number of imide groups is 2. The third-order valence-corrected chi connectivity index (χ3v) is 6.08. The summed E-state index contributed by atoms with van der Waals surface area (Å²) in [5.41, 5.74) is 6.35. The molecule has 0 atom stereocenters. The third-order valence-electron chi connectivity index (χ3n) is 6.08. The molecule has 1 saturated heterocycles. The average molecular weight is 442 g/mol. The van der Waals surface area contributed by atoms with Gasteiger partial charge in [0.2, 0.25) is 0 Å². The van der Waals surface area contributed by atoms with Gasteiger partial charge < -0.3 is 4.57 Å². The van der Waals surface area contributed by atoms with Crippen molar-refractivity contribution in [3.8, 4) is 5.69 Å². The van der Waals surface area contributed by atoms with E-state index in [2.05, 4.69) is 41.1 Å². The molecule has 1 aliphatic rings. The number of aromatic nitrogens is 1. The van der Waals surface area contributed by atoms with Gasteiger partial charge in [-0.05, 0) is 79.8 Å². The fourth-order valence-electron chi connectivity index (χ4n) is 4.14. The number of nitrogens with one attached hydrogen (secondary N) is 1. The van der Waals surface area contributed by atoms with E-state index in [-0.39, 0.29) is 5.57 Å². The molecule has 1 fully saturated rings. The molecule has 168 valence electrons. The molecule has 1 N–H and O–H groups in total. The Labute approximate surface area is 193 Å². The van der Waals surface area contributed by atoms with Crippen molar-refractivity contribution in [2.24, 2.45) is 0 Å². The van der Waals surface area contributed by atoms with Gasteiger partial charge >= 0.3 is 6.03 Å². The van der Waals surface area contributed by atoms with Crippen molar-refractivity contribution >= 4 is 29.6 Å². The second kappa shape index (κ2) is 8.90. The number of benzene rings is 2. The first-order valence-corrected chi connectivity index (χ1v) is 11.1. The SMILES string of the molecule is CCc1ccc(N2C(=O)NC(=O)/C(=C/c3cc(C)n(-c4ccc(CC)cc4)c3C)C2=O)cc1. The number of barbiturate groups is 1. The molecule has 0 spiro atoms. The van der Waals surface area contributed by atoms with Crippen LogP contribution in [0.4, 0.5) is 10.5 Å². The topological polar surface area (TPSA) is 71.4 Å². The van der Waals surface area contributed by atoms with Crippen LogP contribution in [0.2, 0.25) is 0 Å². The van der Waals surface area contributed by atoms with E-state index in [4.69, 9.17) is 0 Å². The molecule has 1 aliphatic heterocycles. The zero-order valence-corrected chi connectivity index (χ0v) is 19.3. The van der Waals surface area contributed by atoms with E-state index >= 15 is 0 Å². The lowest BCUT2D eigenvalue weighted by Gasteiger charge is -2.26. The molecule has 0 saturated carbocycles. The summed E-state index contributed by atoms with van der Waals surface area (Å²) in [4.78, 5) is 39.3. The normalized spacial score (nSPS) is 15.3. The Bertz CT molecular complexity index is 1270. The van der Waals surface area contributed by atoms with Gasteiger partial charge in [-0.1, -0.05) is 38.1 Å². The van der Waals surface area contributed by atoms with Crippen molar-refractivity contribution in [1.82, 2.24) is 9.88 Å². The molecule has 0 bridgehead atoms. The Morgan fingerprint density at radius 1 is 0.818 bits per heavy atom. The summed E-state index contributed by atoms with van der Waals surface area (Å²) < 4.78 is 2.09. The number of amides is 4. The van der Waals surface area contributed by atoms with Crippen LogP contribution >= 0.6 is 0 Å². The first-order valence-electron chi connectivity index (χ1n) is 11.1. The lowest BCUT2D eigenvalue weighted by atomic mass is 10.1. The van der Waals surface area contributed by atoms with Gasteiger partial charge in [0.05, 0.1) is 5.69 Å². The van der Waals surface area contributed by atoms with Crippen LogP contribution in [0.5, 0.6) is 0 Å². The molecule has 2 aromatic carbocycles. The smallest absolute Gasteiger partial charge is 0.318 e. The molecule has 1 aromatic heterocycles. The first kappa shape index (κ1) is 22.3. The standard InChI is InChI=1S/C27H27N3O3/c1-5-19-7-11-22(12-8-19)29-17(3)15-21(18(29)4)16-24-25(31)28-27(33)30(26(24)32)23-13-9-20(6-2)10-14-23/h7-16H,5-6H2,1-4H3,(H,28,31,33)/b24-16-. The predicted octanol–water partition coefficient (Wildman–Crippen LogP) is 4.89. The van der Waals surface area contributed by atoms with Crippen LogP contribution in [0.25, 0.3) is 11.8 Å². The Morgan fingerprint density at radius 3 is 1.91 bits per heavy atom. The van der Waals surface area contributed by atoms with E-state index in [1.54, 1.807) is 18.2 Å². The summed E-state index contributed by atoms with van der Waals surface area (Å²) in [6.07, 6.45) is 3.38. The van der Waals surface area contributed by atoms with Crippen LogP contribution in [0.1, 0.15) is 41.9 Å². The van der Waals surface area contributed by atoms with Gasteiger partial charge in [-0.2, -0.15) is 0 Å². The Balaban J connectivity index is 1.72. The lowest BCUT2D eigenvalue weighted by molar-refractivity contribution is -0.122. The second-order valence-electron chi connectivity index (χ2n) is 8.16. The molecule has 0 unspecified atom stereocenters. The summed E-state index contributed by atoms with van der Waals surface area (Å²) in [6, 6.07) is 16.7. The number of carbonyl (C=O) groups excluding carboxylic acids is 3. The number of aryl methyl sites for hydroxylation is 3. The van der Waals surface area contributed by atoms with Crippen molar-refractivity contribution in [3.05, 3.63) is 88.2 Å². The highest BCUT2D eigenvalue weighted by Gasteiger charge is 2.37. The zero-order valence-electron chi connectivity index (χ0n) is 19.3. The highest BCUT2D eigenvalue weighted by atomic mass is 16.2. The van der Waals surface area contributed by atoms with E-state index in [9.17, 15) is 14.4 Å². The number of nitrogens with zero attached hydrogens (tertiary/aromatic N) is 2. The maximum Gasteiger partial charge on any atom is 0.335 e. The van der Waals surface area contributed by atoms with Crippen molar-refractivity contribution in [2.45, 2.75) is 40.5 Å². The van der Waals surface area contributed by atoms with Gasteiger partial charge in [-0.3, -0.25) is 14.9 Å². The van der Waals surface area contributed by atoms with Crippen molar-refractivity contribution in [3.63, 3.8) is 0 Å². The maximum absolute atomic E-state index is 13.2. The minimum Gasteiger partial charge on any atom is -0.318 e. The maximum atomic E-state index is 13.2. The Morgan fingerprint density at radius 2 is 1.36 bits per heavy atom. The highest BCUT2D eigenvalue weighted by Crippen LogP contribution is 2.26. The molecule has 3 aromatic rings. The second-order valence-corrected chi connectivity index (χ2v) is 8.16. The van der Waals surface area contributed by atoms with Gasteiger partial charge in [0, 0.05) is 17.1 Å². The van der Waals surface area contributed by atoms with Gasteiger partial charge in [0.15, 0.2) is 0 Å². The minimum atomic E-state index is -0.743. The summed E-state index contributed by atoms with van der Waals surface area (Å²) in [5, 5.41) is 2.29. The van der Waals surface area contributed by atoms with Crippen molar-refractivity contribution in [2.75, 3.05) is 4.90 Å². The van der Waals surface area contributed by atoms with E-state index in [1.807, 2.05) is 39.0 Å². The minimum absolute atomic E-state index is 0.0734. The van der Waals surface area contributed by atoms with E-state index in [1.165, 1.54) is 5.56 Å². The number of carbonyl (C=O) groups is 3. The van der Waals surface area contributed by atoms with E-state index in [0.717, 1.165) is 45.9 Å². The molecule has 6 heteroatoms. The highest BCUT2D eigenvalue weighted by molar-refractivity contribution is 6.39. The molecule has 4 rings (SSSR count). The fraction of sp³-hybridized carbons (Fsp3) is 0.222. The van der Waals surface area contributed by atoms with Crippen LogP contribution in [-0.4, -0.2) is 22.4 Å². The average Bonchev–Trinajstić information content (AvgIpc) is 3.09. The Kier molecular flexibility index (Phi) is 6.01. The van der Waals surface area contributed by atoms with Crippen LogP contribution in [0.15, 0.2) is 60.2 Å². The van der Waals surface area contributed by atoms with E-state index < -0.39 is 17.8 Å².